The monoisotopic (exact) mass is 203 g/mol. The lowest BCUT2D eigenvalue weighted by molar-refractivity contribution is 0.0689. The molecular weight excluding hydrogens is 198 g/mol. The maximum Gasteiger partial charge on any atom is 0.356 e. The smallest absolute Gasteiger partial charge is 0.356 e. The third kappa shape index (κ3) is 1.78. The Morgan fingerprint density at radius 2 is 2.38 bits per heavy atom. The quantitative estimate of drug-likeness (QED) is 0.416. The molecule has 13 heavy (non-hydrogen) atoms. The summed E-state index contributed by atoms with van der Waals surface area (Å²) in [7, 11) is 1.50. The van der Waals surface area contributed by atoms with Crippen LogP contribution in [0.2, 0.25) is 0 Å². The van der Waals surface area contributed by atoms with Gasteiger partial charge in [-0.3, -0.25) is 4.68 Å². The van der Waals surface area contributed by atoms with Crippen LogP contribution in [-0.2, 0) is 7.05 Å². The Balaban J connectivity index is 3.18. The summed E-state index contributed by atoms with van der Waals surface area (Å²) in [6, 6.07) is 1.21. The minimum Gasteiger partial charge on any atom is -0.476 e. The number of hydrogen-bond acceptors (Lipinski definition) is 4. The highest BCUT2D eigenvalue weighted by Gasteiger charge is 2.13. The summed E-state index contributed by atoms with van der Waals surface area (Å²) >= 11 is 5.46. The second kappa shape index (κ2) is 3.44. The molecule has 0 aliphatic heterocycles. The maximum absolute atomic E-state index is 10.5. The Bertz CT molecular complexity index is 371. The van der Waals surface area contributed by atoms with Gasteiger partial charge in [0, 0.05) is 13.1 Å². The van der Waals surface area contributed by atoms with Crippen molar-refractivity contribution in [2.24, 2.45) is 12.2 Å². The fourth-order valence-electron chi connectivity index (χ4n) is 0.816. The fourth-order valence-corrected chi connectivity index (χ4v) is 0.993. The van der Waals surface area contributed by atoms with Gasteiger partial charge < -0.3 is 10.3 Å². The molecule has 1 aromatic rings. The fraction of sp³-hybridized carbons (Fsp3) is 0.167. The molecule has 7 heteroatoms. The minimum absolute atomic E-state index is 0.153. The summed E-state index contributed by atoms with van der Waals surface area (Å²) in [5.74, 6) is -1.16. The number of aromatic carboxylic acids is 1. The summed E-state index contributed by atoms with van der Waals surface area (Å²) in [6.45, 7) is 0. The Labute approximate surface area is 78.0 Å². The first-order valence-corrected chi connectivity index (χ1v) is 3.59. The van der Waals surface area contributed by atoms with Gasteiger partial charge in [0.05, 0.1) is 0 Å². The molecule has 0 aliphatic rings. The third-order valence-corrected chi connectivity index (χ3v) is 1.67. The largest absolute Gasteiger partial charge is 0.476 e. The van der Waals surface area contributed by atoms with Crippen LogP contribution in [0.4, 0.5) is 0 Å². The Morgan fingerprint density at radius 3 is 2.77 bits per heavy atom. The van der Waals surface area contributed by atoms with E-state index in [1.807, 2.05) is 0 Å². The molecule has 0 fully saturated rings. The molecule has 70 valence electrons. The van der Waals surface area contributed by atoms with E-state index in [0.29, 0.717) is 0 Å². The molecule has 6 nitrogen and oxygen atoms in total. The molecule has 1 heterocycles. The van der Waals surface area contributed by atoms with Crippen LogP contribution in [0.25, 0.3) is 0 Å². The summed E-state index contributed by atoms with van der Waals surface area (Å²) in [5.41, 5.74) is 0.0841. The molecule has 0 aromatic carbocycles. The van der Waals surface area contributed by atoms with E-state index in [4.69, 9.17) is 21.9 Å². The van der Waals surface area contributed by atoms with Crippen molar-refractivity contribution < 1.29 is 15.1 Å². The van der Waals surface area contributed by atoms with Gasteiger partial charge in [-0.05, 0) is 0 Å². The number of rotatable bonds is 2. The van der Waals surface area contributed by atoms with Gasteiger partial charge in [-0.15, -0.1) is 0 Å². The van der Waals surface area contributed by atoms with E-state index in [2.05, 4.69) is 10.3 Å². The summed E-state index contributed by atoms with van der Waals surface area (Å²) in [4.78, 5) is 10.5. The first-order valence-electron chi connectivity index (χ1n) is 3.21. The number of halogens is 1. The lowest BCUT2D eigenvalue weighted by atomic mass is 10.4. The standard InChI is InChI=1S/C6H6ClN3O3/c1-10-4(5(7)9-13)2-3(8-10)6(11)12/h2,13H,1H3,(H,11,12). The molecule has 1 aromatic heterocycles. The number of oxime groups is 1. The predicted molar refractivity (Wildman–Crippen MR) is 44.3 cm³/mol. The lowest BCUT2D eigenvalue weighted by Crippen LogP contribution is -2.02. The Kier molecular flexibility index (Phi) is 2.52. The van der Waals surface area contributed by atoms with E-state index in [-0.39, 0.29) is 16.6 Å². The summed E-state index contributed by atoms with van der Waals surface area (Å²) < 4.78 is 1.21. The zero-order valence-corrected chi connectivity index (χ0v) is 7.36. The van der Waals surface area contributed by atoms with Crippen LogP contribution in [0.1, 0.15) is 16.2 Å². The number of hydrogen-bond donors (Lipinski definition) is 2. The third-order valence-electron chi connectivity index (χ3n) is 1.40. The van der Waals surface area contributed by atoms with Gasteiger partial charge in [0.2, 0.25) is 0 Å². The molecule has 1 rings (SSSR count). The average Bonchev–Trinajstić information content (AvgIpc) is 2.46. The average molecular weight is 204 g/mol. The highest BCUT2D eigenvalue weighted by Crippen LogP contribution is 2.07. The number of nitrogens with zero attached hydrogens (tertiary/aromatic N) is 3. The molecule has 2 N–H and O–H groups in total. The zero-order valence-electron chi connectivity index (χ0n) is 6.60. The second-order valence-electron chi connectivity index (χ2n) is 2.23. The number of aryl methyl sites for hydroxylation is 1. The maximum atomic E-state index is 10.5. The van der Waals surface area contributed by atoms with Gasteiger partial charge in [0.1, 0.15) is 5.69 Å². The predicted octanol–water partition coefficient (Wildman–Crippen LogP) is 0.493. The molecule has 0 bridgehead atoms. The van der Waals surface area contributed by atoms with Gasteiger partial charge in [-0.25, -0.2) is 4.79 Å². The number of carbonyl (C=O) groups is 1. The van der Waals surface area contributed by atoms with E-state index < -0.39 is 5.97 Å². The van der Waals surface area contributed by atoms with Crippen molar-refractivity contribution in [2.75, 3.05) is 0 Å². The van der Waals surface area contributed by atoms with Crippen LogP contribution in [0.15, 0.2) is 11.2 Å². The first-order chi connectivity index (χ1) is 6.06. The molecule has 0 atom stereocenters. The van der Waals surface area contributed by atoms with Crippen LogP contribution in [0, 0.1) is 0 Å². The van der Waals surface area contributed by atoms with Crippen molar-refractivity contribution >= 4 is 22.7 Å². The molecule has 0 radical (unpaired) electrons. The topological polar surface area (TPSA) is 87.7 Å². The van der Waals surface area contributed by atoms with E-state index in [1.165, 1.54) is 17.8 Å². The van der Waals surface area contributed by atoms with Crippen molar-refractivity contribution in [2.45, 2.75) is 0 Å². The van der Waals surface area contributed by atoms with Crippen LogP contribution >= 0.6 is 11.6 Å². The highest BCUT2D eigenvalue weighted by molar-refractivity contribution is 6.69. The van der Waals surface area contributed by atoms with E-state index >= 15 is 0 Å². The lowest BCUT2D eigenvalue weighted by Gasteiger charge is -1.94. The zero-order chi connectivity index (χ0) is 10.0. The molecule has 0 aliphatic carbocycles. The van der Waals surface area contributed by atoms with Crippen LogP contribution in [-0.4, -0.2) is 31.2 Å². The molecule has 0 saturated heterocycles. The van der Waals surface area contributed by atoms with Crippen molar-refractivity contribution in [1.82, 2.24) is 9.78 Å². The van der Waals surface area contributed by atoms with Gasteiger partial charge >= 0.3 is 5.97 Å². The van der Waals surface area contributed by atoms with Crippen LogP contribution in [0.3, 0.4) is 0 Å². The van der Waals surface area contributed by atoms with Gasteiger partial charge in [0.15, 0.2) is 10.9 Å². The Hall–Kier alpha value is -1.56. The first kappa shape index (κ1) is 9.53. The van der Waals surface area contributed by atoms with Crippen molar-refractivity contribution in [3.63, 3.8) is 0 Å². The van der Waals surface area contributed by atoms with Gasteiger partial charge in [-0.1, -0.05) is 16.8 Å². The van der Waals surface area contributed by atoms with Crippen molar-refractivity contribution in [1.29, 1.82) is 0 Å². The number of carboxylic acids is 1. The summed E-state index contributed by atoms with van der Waals surface area (Å²) in [5, 5.41) is 23.0. The van der Waals surface area contributed by atoms with E-state index in [9.17, 15) is 4.79 Å². The Morgan fingerprint density at radius 1 is 1.77 bits per heavy atom. The normalized spacial score (nSPS) is 11.7. The van der Waals surface area contributed by atoms with Crippen LogP contribution in [0.5, 0.6) is 0 Å². The van der Waals surface area contributed by atoms with E-state index in [0.717, 1.165) is 0 Å². The molecule has 0 saturated carbocycles. The molecule has 0 unspecified atom stereocenters. The number of aromatic nitrogens is 2. The van der Waals surface area contributed by atoms with Gasteiger partial charge in [0.25, 0.3) is 0 Å². The second-order valence-corrected chi connectivity index (χ2v) is 2.59. The van der Waals surface area contributed by atoms with Crippen molar-refractivity contribution in [3.05, 3.63) is 17.5 Å². The molecular formula is C6H6ClN3O3. The summed E-state index contributed by atoms with van der Waals surface area (Å²) in [6.07, 6.45) is 0. The minimum atomic E-state index is -1.16. The van der Waals surface area contributed by atoms with Crippen molar-refractivity contribution in [3.8, 4) is 0 Å². The number of carboxylic acid groups (broad SMARTS) is 1. The molecule has 0 spiro atoms. The van der Waals surface area contributed by atoms with E-state index in [1.54, 1.807) is 0 Å². The SMILES string of the molecule is Cn1nc(C(=O)O)cc1C(Cl)=NO. The highest BCUT2D eigenvalue weighted by atomic mass is 35.5. The molecule has 0 amide bonds. The van der Waals surface area contributed by atoms with Crippen LogP contribution < -0.4 is 0 Å². The van der Waals surface area contributed by atoms with Gasteiger partial charge in [-0.2, -0.15) is 5.10 Å².